The molecule has 0 atom stereocenters. The van der Waals surface area contributed by atoms with E-state index in [0.29, 0.717) is 16.8 Å². The Balaban J connectivity index is 2.25. The Morgan fingerprint density at radius 3 is 2.86 bits per heavy atom. The molecule has 4 heteroatoms. The van der Waals surface area contributed by atoms with Gasteiger partial charge in [-0.15, -0.1) is 0 Å². The molecule has 0 bridgehead atoms. The summed E-state index contributed by atoms with van der Waals surface area (Å²) in [5.74, 6) is 0.890. The van der Waals surface area contributed by atoms with Crippen LogP contribution in [0.5, 0.6) is 0 Å². The van der Waals surface area contributed by atoms with Crippen LogP contribution in [-0.4, -0.2) is 23.2 Å². The number of aromatic nitrogens is 1. The monoisotopic (exact) mass is 212 g/mol. The largest absolute Gasteiger partial charge is 0.390 e. The van der Waals surface area contributed by atoms with Crippen molar-refractivity contribution >= 4 is 17.4 Å². The number of hydrogen-bond acceptors (Lipinski definition) is 3. The third kappa shape index (κ3) is 1.83. The van der Waals surface area contributed by atoms with E-state index in [1.165, 1.54) is 12.8 Å². The Hall–Kier alpha value is -0.800. The third-order valence-electron chi connectivity index (χ3n) is 2.51. The highest BCUT2D eigenvalue weighted by Crippen LogP contribution is 2.30. The van der Waals surface area contributed by atoms with Gasteiger partial charge in [0.05, 0.1) is 17.3 Å². The number of rotatable bonds is 3. The second-order valence-electron chi connectivity index (χ2n) is 3.60. The Kier molecular flexibility index (Phi) is 2.61. The predicted molar refractivity (Wildman–Crippen MR) is 56.6 cm³/mol. The van der Waals surface area contributed by atoms with Crippen molar-refractivity contribution in [1.82, 2.24) is 4.98 Å². The van der Waals surface area contributed by atoms with Gasteiger partial charge in [-0.2, -0.15) is 0 Å². The van der Waals surface area contributed by atoms with Gasteiger partial charge >= 0.3 is 0 Å². The van der Waals surface area contributed by atoms with Crippen molar-refractivity contribution in [3.8, 4) is 0 Å². The molecule has 0 saturated heterocycles. The molecule has 0 amide bonds. The summed E-state index contributed by atoms with van der Waals surface area (Å²) in [6, 6.07) is 4.30. The van der Waals surface area contributed by atoms with E-state index >= 15 is 0 Å². The maximum Gasteiger partial charge on any atom is 0.129 e. The molecule has 1 N–H and O–H groups in total. The number of aliphatic hydroxyl groups excluding tert-OH is 1. The van der Waals surface area contributed by atoms with Crippen LogP contribution in [-0.2, 0) is 6.61 Å². The van der Waals surface area contributed by atoms with Crippen LogP contribution in [0.2, 0.25) is 5.02 Å². The van der Waals surface area contributed by atoms with E-state index in [1.54, 1.807) is 6.07 Å². The summed E-state index contributed by atoms with van der Waals surface area (Å²) in [5.41, 5.74) is 0.552. The third-order valence-corrected chi connectivity index (χ3v) is 2.85. The first-order valence-corrected chi connectivity index (χ1v) is 5.09. The number of pyridine rings is 1. The van der Waals surface area contributed by atoms with Crippen LogP contribution < -0.4 is 4.90 Å². The average molecular weight is 213 g/mol. The molecule has 1 aliphatic carbocycles. The minimum Gasteiger partial charge on any atom is -0.390 e. The van der Waals surface area contributed by atoms with Gasteiger partial charge in [0, 0.05) is 13.1 Å². The summed E-state index contributed by atoms with van der Waals surface area (Å²) in [6.07, 6.45) is 2.46. The number of halogens is 1. The SMILES string of the molecule is CN(c1ccc(Cl)c(CO)n1)C1CC1. The lowest BCUT2D eigenvalue weighted by molar-refractivity contribution is 0.277. The standard InChI is InChI=1S/C10H13ClN2O/c1-13(7-2-3-7)10-5-4-8(11)9(6-14)12-10/h4-5,7,14H,2-3,6H2,1H3. The summed E-state index contributed by atoms with van der Waals surface area (Å²) < 4.78 is 0. The van der Waals surface area contributed by atoms with Gasteiger partial charge in [-0.1, -0.05) is 11.6 Å². The fourth-order valence-corrected chi connectivity index (χ4v) is 1.59. The molecule has 1 fully saturated rings. The van der Waals surface area contributed by atoms with Gasteiger partial charge in [-0.25, -0.2) is 4.98 Å². The normalized spacial score (nSPS) is 15.6. The van der Waals surface area contributed by atoms with Crippen LogP contribution in [0, 0.1) is 0 Å². The lowest BCUT2D eigenvalue weighted by atomic mass is 10.3. The van der Waals surface area contributed by atoms with Crippen molar-refractivity contribution in [2.75, 3.05) is 11.9 Å². The van der Waals surface area contributed by atoms with Crippen molar-refractivity contribution in [3.63, 3.8) is 0 Å². The Labute approximate surface area is 88.3 Å². The molecule has 0 spiro atoms. The minimum atomic E-state index is -0.106. The van der Waals surface area contributed by atoms with Gasteiger partial charge in [0.25, 0.3) is 0 Å². The van der Waals surface area contributed by atoms with Crippen LogP contribution in [0.15, 0.2) is 12.1 Å². The molecule has 1 saturated carbocycles. The fourth-order valence-electron chi connectivity index (χ4n) is 1.43. The lowest BCUT2D eigenvalue weighted by Gasteiger charge is -2.18. The number of nitrogens with zero attached hydrogens (tertiary/aromatic N) is 2. The van der Waals surface area contributed by atoms with E-state index in [9.17, 15) is 0 Å². The summed E-state index contributed by atoms with van der Waals surface area (Å²) >= 11 is 5.86. The molecule has 1 aliphatic rings. The van der Waals surface area contributed by atoms with E-state index in [1.807, 2.05) is 13.1 Å². The van der Waals surface area contributed by atoms with Crippen LogP contribution >= 0.6 is 11.6 Å². The van der Waals surface area contributed by atoms with Crippen LogP contribution in [0.3, 0.4) is 0 Å². The highest BCUT2D eigenvalue weighted by atomic mass is 35.5. The predicted octanol–water partition coefficient (Wildman–Crippen LogP) is 1.83. The van der Waals surface area contributed by atoms with E-state index in [0.717, 1.165) is 5.82 Å². The first kappa shape index (κ1) is 9.74. The zero-order valence-electron chi connectivity index (χ0n) is 8.07. The molecule has 2 rings (SSSR count). The second-order valence-corrected chi connectivity index (χ2v) is 4.01. The van der Waals surface area contributed by atoms with Crippen molar-refractivity contribution in [3.05, 3.63) is 22.8 Å². The maximum atomic E-state index is 9.01. The number of hydrogen-bond donors (Lipinski definition) is 1. The molecule has 14 heavy (non-hydrogen) atoms. The van der Waals surface area contributed by atoms with Crippen LogP contribution in [0.1, 0.15) is 18.5 Å². The molecule has 1 heterocycles. The molecular formula is C10H13ClN2O. The van der Waals surface area contributed by atoms with Gasteiger partial charge in [-0.3, -0.25) is 0 Å². The van der Waals surface area contributed by atoms with E-state index < -0.39 is 0 Å². The Morgan fingerprint density at radius 1 is 1.57 bits per heavy atom. The smallest absolute Gasteiger partial charge is 0.129 e. The Bertz CT molecular complexity index is 339. The van der Waals surface area contributed by atoms with Crippen LogP contribution in [0.25, 0.3) is 0 Å². The molecule has 0 aliphatic heterocycles. The minimum absolute atomic E-state index is 0.106. The first-order valence-electron chi connectivity index (χ1n) is 4.71. The van der Waals surface area contributed by atoms with Crippen LogP contribution in [0.4, 0.5) is 5.82 Å². The summed E-state index contributed by atoms with van der Waals surface area (Å²) in [4.78, 5) is 6.43. The van der Waals surface area contributed by atoms with Crippen molar-refractivity contribution in [2.24, 2.45) is 0 Å². The maximum absolute atomic E-state index is 9.01. The van der Waals surface area contributed by atoms with E-state index in [-0.39, 0.29) is 6.61 Å². The molecule has 1 aromatic heterocycles. The topological polar surface area (TPSA) is 36.4 Å². The van der Waals surface area contributed by atoms with Gasteiger partial charge < -0.3 is 10.0 Å². The average Bonchev–Trinajstić information content (AvgIpc) is 3.01. The summed E-state index contributed by atoms with van der Waals surface area (Å²) in [5, 5.41) is 9.54. The quantitative estimate of drug-likeness (QED) is 0.831. The van der Waals surface area contributed by atoms with Crippen molar-refractivity contribution < 1.29 is 5.11 Å². The molecule has 0 aromatic carbocycles. The highest BCUT2D eigenvalue weighted by Gasteiger charge is 2.27. The lowest BCUT2D eigenvalue weighted by Crippen LogP contribution is -2.20. The zero-order chi connectivity index (χ0) is 10.1. The fraction of sp³-hybridized carbons (Fsp3) is 0.500. The van der Waals surface area contributed by atoms with Gasteiger partial charge in [-0.05, 0) is 25.0 Å². The van der Waals surface area contributed by atoms with Crippen molar-refractivity contribution in [2.45, 2.75) is 25.5 Å². The van der Waals surface area contributed by atoms with E-state index in [2.05, 4.69) is 9.88 Å². The van der Waals surface area contributed by atoms with Gasteiger partial charge in [0.1, 0.15) is 5.82 Å². The second kappa shape index (κ2) is 3.75. The molecule has 76 valence electrons. The van der Waals surface area contributed by atoms with Crippen molar-refractivity contribution in [1.29, 1.82) is 0 Å². The molecule has 1 aromatic rings. The molecule has 3 nitrogen and oxygen atoms in total. The van der Waals surface area contributed by atoms with Gasteiger partial charge in [0.15, 0.2) is 0 Å². The zero-order valence-corrected chi connectivity index (χ0v) is 8.83. The molecule has 0 radical (unpaired) electrons. The number of aliphatic hydroxyl groups is 1. The molecular weight excluding hydrogens is 200 g/mol. The summed E-state index contributed by atoms with van der Waals surface area (Å²) in [7, 11) is 2.02. The first-order chi connectivity index (χ1) is 6.72. The highest BCUT2D eigenvalue weighted by molar-refractivity contribution is 6.31. The number of anilines is 1. The van der Waals surface area contributed by atoms with E-state index in [4.69, 9.17) is 16.7 Å². The Morgan fingerprint density at radius 2 is 2.29 bits per heavy atom. The summed E-state index contributed by atoms with van der Waals surface area (Å²) in [6.45, 7) is -0.106. The molecule has 0 unspecified atom stereocenters. The van der Waals surface area contributed by atoms with Gasteiger partial charge in [0.2, 0.25) is 0 Å².